The van der Waals surface area contributed by atoms with Crippen molar-refractivity contribution in [3.63, 3.8) is 0 Å². The van der Waals surface area contributed by atoms with Gasteiger partial charge in [0.05, 0.1) is 13.7 Å². The summed E-state index contributed by atoms with van der Waals surface area (Å²) in [6.45, 7) is 0.133. The predicted molar refractivity (Wildman–Crippen MR) is 142 cm³/mol. The smallest absolute Gasteiger partial charge is 0.239 e. The number of rotatable bonds is 11. The van der Waals surface area contributed by atoms with E-state index in [1.54, 1.807) is 37.4 Å². The van der Waals surface area contributed by atoms with Crippen molar-refractivity contribution in [2.45, 2.75) is 44.7 Å². The molecule has 11 heteroatoms. The van der Waals surface area contributed by atoms with Crippen molar-refractivity contribution in [3.05, 3.63) is 48.0 Å². The normalized spacial score (nSPS) is 15.4. The van der Waals surface area contributed by atoms with Crippen molar-refractivity contribution < 1.29 is 32.8 Å². The molecule has 1 aliphatic carbocycles. The van der Waals surface area contributed by atoms with Gasteiger partial charge in [-0.2, -0.15) is 0 Å². The summed E-state index contributed by atoms with van der Waals surface area (Å²) in [5.74, 6) is -0.157. The van der Waals surface area contributed by atoms with Gasteiger partial charge in [-0.1, -0.05) is 31.4 Å². The van der Waals surface area contributed by atoms with Gasteiger partial charge >= 0.3 is 0 Å². The highest BCUT2D eigenvalue weighted by molar-refractivity contribution is 7.86. The fraction of sp³-hybridized carbons (Fsp3) is 0.444. The summed E-state index contributed by atoms with van der Waals surface area (Å²) in [6, 6.07) is 12.2. The lowest BCUT2D eigenvalue weighted by molar-refractivity contribution is -0.135. The third kappa shape index (κ3) is 7.95. The molecule has 0 radical (unpaired) electrons. The van der Waals surface area contributed by atoms with E-state index in [4.69, 9.17) is 14.2 Å². The van der Waals surface area contributed by atoms with Crippen LogP contribution in [0.1, 0.15) is 37.7 Å². The number of hydrogen-bond donors (Lipinski definition) is 2. The first kappa shape index (κ1) is 27.4. The number of fused-ring (bicyclic) bond motifs is 1. The molecule has 1 saturated carbocycles. The van der Waals surface area contributed by atoms with E-state index >= 15 is 0 Å². The largest absolute Gasteiger partial charge is 0.497 e. The van der Waals surface area contributed by atoms with Crippen LogP contribution in [0.25, 0.3) is 0 Å². The third-order valence-electron chi connectivity index (χ3n) is 6.42. The summed E-state index contributed by atoms with van der Waals surface area (Å²) in [5.41, 5.74) is 1.28. The zero-order valence-electron chi connectivity index (χ0n) is 21.4. The Hall–Kier alpha value is -3.60. The Bertz CT molecular complexity index is 1170. The van der Waals surface area contributed by atoms with E-state index in [0.717, 1.165) is 31.2 Å². The van der Waals surface area contributed by atoms with Gasteiger partial charge in [-0.25, -0.2) is 0 Å². The first-order chi connectivity index (χ1) is 18.4. The first-order valence-electron chi connectivity index (χ1n) is 12.6. The van der Waals surface area contributed by atoms with Gasteiger partial charge in [0.25, 0.3) is 0 Å². The number of hydrogen-bond acceptors (Lipinski definition) is 7. The summed E-state index contributed by atoms with van der Waals surface area (Å²) in [6.07, 6.45) is 5.18. The second kappa shape index (κ2) is 13.3. The van der Waals surface area contributed by atoms with Gasteiger partial charge in [0.1, 0.15) is 17.3 Å². The Morgan fingerprint density at radius 1 is 0.974 bits per heavy atom. The summed E-state index contributed by atoms with van der Waals surface area (Å²) in [4.78, 5) is 39.8. The predicted octanol–water partition coefficient (Wildman–Crippen LogP) is 2.59. The monoisotopic (exact) mass is 543 g/mol. The van der Waals surface area contributed by atoms with Gasteiger partial charge in [-0.15, -0.1) is 0 Å². The molecular weight excluding hydrogens is 510 g/mol. The number of amides is 3. The average molecular weight is 544 g/mol. The van der Waals surface area contributed by atoms with E-state index in [0.29, 0.717) is 22.9 Å². The molecule has 1 fully saturated rings. The van der Waals surface area contributed by atoms with Gasteiger partial charge in [0.2, 0.25) is 24.5 Å². The molecule has 1 heterocycles. The molecule has 4 rings (SSSR count). The van der Waals surface area contributed by atoms with Crippen molar-refractivity contribution in [2.24, 2.45) is 0 Å². The molecule has 0 unspecified atom stereocenters. The van der Waals surface area contributed by atoms with Crippen molar-refractivity contribution in [1.82, 2.24) is 10.2 Å². The maximum atomic E-state index is 13.1. The van der Waals surface area contributed by atoms with E-state index in [9.17, 15) is 18.6 Å². The van der Waals surface area contributed by atoms with Crippen LogP contribution in [0.3, 0.4) is 0 Å². The minimum Gasteiger partial charge on any atom is -0.497 e. The lowest BCUT2D eigenvalue weighted by atomic mass is 9.95. The van der Waals surface area contributed by atoms with Crippen LogP contribution < -0.4 is 24.8 Å². The summed E-state index contributed by atoms with van der Waals surface area (Å²) in [5, 5.41) is 5.69. The van der Waals surface area contributed by atoms with Gasteiger partial charge in [-0.05, 0) is 42.7 Å². The number of carbonyl (C=O) groups excluding carboxylic acids is 3. The van der Waals surface area contributed by atoms with Crippen LogP contribution >= 0.6 is 0 Å². The number of nitrogens with one attached hydrogen (secondary N) is 2. The molecule has 0 saturated heterocycles. The second-order valence-electron chi connectivity index (χ2n) is 9.35. The number of anilines is 1. The van der Waals surface area contributed by atoms with Crippen LogP contribution in [0, 0.1) is 0 Å². The fourth-order valence-electron chi connectivity index (χ4n) is 4.47. The molecular formula is C27H33N3O7S. The van der Waals surface area contributed by atoms with Gasteiger partial charge in [0.15, 0.2) is 11.5 Å². The van der Waals surface area contributed by atoms with Crippen LogP contribution in [-0.4, -0.2) is 64.8 Å². The quantitative estimate of drug-likeness (QED) is 0.447. The fourth-order valence-corrected chi connectivity index (χ4v) is 5.40. The van der Waals surface area contributed by atoms with Gasteiger partial charge in [0, 0.05) is 35.1 Å². The SMILES string of the molecule is COc1ccc(CN(CC(=O)NC2CCCCC2)C(=O)C[S@](=O)CC(=O)Nc2ccc3c(c2)OCO3)cc1. The molecule has 3 amide bonds. The number of ether oxygens (including phenoxy) is 3. The molecule has 2 aromatic carbocycles. The van der Waals surface area contributed by atoms with E-state index in [1.165, 1.54) is 11.3 Å². The van der Waals surface area contributed by atoms with E-state index < -0.39 is 22.6 Å². The van der Waals surface area contributed by atoms with Crippen molar-refractivity contribution in [2.75, 3.05) is 37.3 Å². The van der Waals surface area contributed by atoms with Crippen LogP contribution in [-0.2, 0) is 31.7 Å². The minimum atomic E-state index is -1.77. The molecule has 2 aliphatic rings. The highest BCUT2D eigenvalue weighted by Gasteiger charge is 2.23. The van der Waals surface area contributed by atoms with Crippen molar-refractivity contribution in [1.29, 1.82) is 0 Å². The summed E-state index contributed by atoms with van der Waals surface area (Å²) < 4.78 is 28.5. The number of methoxy groups -OCH3 is 1. The summed E-state index contributed by atoms with van der Waals surface area (Å²) in [7, 11) is -0.201. The van der Waals surface area contributed by atoms with Crippen molar-refractivity contribution in [3.8, 4) is 17.2 Å². The highest BCUT2D eigenvalue weighted by Crippen LogP contribution is 2.34. The minimum absolute atomic E-state index is 0.114. The molecule has 1 aliphatic heterocycles. The van der Waals surface area contributed by atoms with Crippen LogP contribution in [0.15, 0.2) is 42.5 Å². The second-order valence-corrected chi connectivity index (χ2v) is 10.8. The first-order valence-corrected chi connectivity index (χ1v) is 14.1. The number of nitrogens with zero attached hydrogens (tertiary/aromatic N) is 1. The molecule has 0 aromatic heterocycles. The molecule has 10 nitrogen and oxygen atoms in total. The van der Waals surface area contributed by atoms with Crippen LogP contribution in [0.5, 0.6) is 17.2 Å². The molecule has 1 atom stereocenters. The summed E-state index contributed by atoms with van der Waals surface area (Å²) >= 11 is 0. The van der Waals surface area contributed by atoms with Gasteiger partial charge < -0.3 is 29.7 Å². The Morgan fingerprint density at radius 2 is 1.71 bits per heavy atom. The molecule has 2 N–H and O–H groups in total. The molecule has 0 spiro atoms. The Kier molecular flexibility index (Phi) is 9.58. The highest BCUT2D eigenvalue weighted by atomic mass is 32.2. The topological polar surface area (TPSA) is 123 Å². The Labute approximate surface area is 224 Å². The standard InChI is InChI=1S/C27H33N3O7S/c1-35-22-10-7-19(8-11-22)14-30(15-25(31)28-20-5-3-2-4-6-20)27(33)17-38(34)16-26(32)29-21-9-12-23-24(13-21)37-18-36-23/h7-13,20H,2-6,14-18H2,1H3,(H,28,31)(H,29,32)/t38-/m1/s1. The van der Waals surface area contributed by atoms with E-state index in [2.05, 4.69) is 10.6 Å². The molecule has 204 valence electrons. The maximum Gasteiger partial charge on any atom is 0.239 e. The van der Waals surface area contributed by atoms with E-state index in [-0.39, 0.29) is 43.3 Å². The zero-order valence-corrected chi connectivity index (χ0v) is 22.2. The zero-order chi connectivity index (χ0) is 26.9. The Balaban J connectivity index is 1.34. The maximum absolute atomic E-state index is 13.1. The Morgan fingerprint density at radius 3 is 2.45 bits per heavy atom. The third-order valence-corrected chi connectivity index (χ3v) is 7.58. The molecule has 38 heavy (non-hydrogen) atoms. The van der Waals surface area contributed by atoms with Gasteiger partial charge in [-0.3, -0.25) is 18.6 Å². The van der Waals surface area contributed by atoms with Crippen LogP contribution in [0.2, 0.25) is 0 Å². The number of benzene rings is 2. The van der Waals surface area contributed by atoms with Crippen molar-refractivity contribution >= 4 is 34.2 Å². The molecule has 0 bridgehead atoms. The number of carbonyl (C=O) groups is 3. The van der Waals surface area contributed by atoms with E-state index in [1.807, 2.05) is 12.1 Å². The lowest BCUT2D eigenvalue weighted by Crippen LogP contribution is -2.45. The van der Waals surface area contributed by atoms with Crippen LogP contribution in [0.4, 0.5) is 5.69 Å². The lowest BCUT2D eigenvalue weighted by Gasteiger charge is -2.26. The molecule has 2 aromatic rings. The average Bonchev–Trinajstić information content (AvgIpc) is 3.37.